The molecule has 0 radical (unpaired) electrons. The number of hydrogen-bond acceptors (Lipinski definition) is 4. The van der Waals surface area contributed by atoms with Crippen LogP contribution in [0.25, 0.3) is 0 Å². The number of piperidine rings is 1. The first-order valence-corrected chi connectivity index (χ1v) is 9.06. The molecule has 126 valence electrons. The van der Waals surface area contributed by atoms with Gasteiger partial charge in [-0.1, -0.05) is 30.3 Å². The number of amides is 2. The molecule has 1 fully saturated rings. The number of benzene rings is 1. The van der Waals surface area contributed by atoms with Gasteiger partial charge in [0.15, 0.2) is 5.13 Å². The van der Waals surface area contributed by atoms with Crippen molar-refractivity contribution >= 4 is 28.3 Å². The second-order valence-electron chi connectivity index (χ2n) is 6.17. The fraction of sp³-hybridized carbons (Fsp3) is 0.389. The molecule has 24 heavy (non-hydrogen) atoms. The van der Waals surface area contributed by atoms with E-state index in [1.165, 1.54) is 16.9 Å². The summed E-state index contributed by atoms with van der Waals surface area (Å²) in [5, 5.41) is 4.91. The molecule has 1 N–H and O–H groups in total. The quantitative estimate of drug-likeness (QED) is 0.872. The molecule has 0 unspecified atom stereocenters. The number of nitrogens with zero attached hydrogens (tertiary/aromatic N) is 2. The SMILES string of the molecule is Cc1csc(NC(=O)C(=O)N2CCC(Cc3ccccc3)CC2)n1. The van der Waals surface area contributed by atoms with Gasteiger partial charge < -0.3 is 4.90 Å². The number of anilines is 1. The van der Waals surface area contributed by atoms with Gasteiger partial charge in [0, 0.05) is 18.5 Å². The highest BCUT2D eigenvalue weighted by molar-refractivity contribution is 7.14. The van der Waals surface area contributed by atoms with Crippen molar-refractivity contribution in [2.75, 3.05) is 18.4 Å². The fourth-order valence-corrected chi connectivity index (χ4v) is 3.68. The minimum atomic E-state index is -0.592. The molecule has 0 saturated carbocycles. The molecule has 0 atom stereocenters. The summed E-state index contributed by atoms with van der Waals surface area (Å²) in [6.07, 6.45) is 2.90. The van der Waals surface area contributed by atoms with Crippen LogP contribution in [0, 0.1) is 12.8 Å². The summed E-state index contributed by atoms with van der Waals surface area (Å²) in [5.74, 6) is -0.479. The topological polar surface area (TPSA) is 62.3 Å². The van der Waals surface area contributed by atoms with Gasteiger partial charge in [0.1, 0.15) is 0 Å². The third-order valence-electron chi connectivity index (χ3n) is 4.30. The zero-order valence-electron chi connectivity index (χ0n) is 13.7. The Labute approximate surface area is 145 Å². The van der Waals surface area contributed by atoms with Gasteiger partial charge in [-0.05, 0) is 37.7 Å². The molecule has 0 bridgehead atoms. The fourth-order valence-electron chi connectivity index (χ4n) is 2.99. The number of thiazole rings is 1. The molecule has 0 spiro atoms. The summed E-state index contributed by atoms with van der Waals surface area (Å²) in [5.41, 5.74) is 2.17. The molecule has 2 heterocycles. The van der Waals surface area contributed by atoms with Gasteiger partial charge in [0.25, 0.3) is 0 Å². The number of hydrogen-bond donors (Lipinski definition) is 1. The Morgan fingerprint density at radius 1 is 1.25 bits per heavy atom. The van der Waals surface area contributed by atoms with E-state index in [2.05, 4.69) is 34.6 Å². The number of carbonyl (C=O) groups is 2. The smallest absolute Gasteiger partial charge is 0.315 e. The van der Waals surface area contributed by atoms with Crippen molar-refractivity contribution in [1.29, 1.82) is 0 Å². The highest BCUT2D eigenvalue weighted by Gasteiger charge is 2.27. The van der Waals surface area contributed by atoms with Crippen molar-refractivity contribution < 1.29 is 9.59 Å². The van der Waals surface area contributed by atoms with Crippen molar-refractivity contribution in [2.45, 2.75) is 26.2 Å². The van der Waals surface area contributed by atoms with Crippen LogP contribution in [-0.4, -0.2) is 34.8 Å². The van der Waals surface area contributed by atoms with Crippen molar-refractivity contribution in [3.05, 3.63) is 47.0 Å². The second kappa shape index (κ2) is 7.57. The molecule has 1 saturated heterocycles. The number of likely N-dealkylation sites (tertiary alicyclic amines) is 1. The van der Waals surface area contributed by atoms with Gasteiger partial charge in [-0.3, -0.25) is 14.9 Å². The maximum atomic E-state index is 12.3. The van der Waals surface area contributed by atoms with Crippen LogP contribution in [0.1, 0.15) is 24.1 Å². The van der Waals surface area contributed by atoms with Crippen LogP contribution in [0.15, 0.2) is 35.7 Å². The molecule has 6 heteroatoms. The van der Waals surface area contributed by atoms with Crippen LogP contribution in [0.3, 0.4) is 0 Å². The number of aryl methyl sites for hydroxylation is 1. The number of nitrogens with one attached hydrogen (secondary N) is 1. The molecule has 2 amide bonds. The van der Waals surface area contributed by atoms with Gasteiger partial charge >= 0.3 is 11.8 Å². The van der Waals surface area contributed by atoms with Gasteiger partial charge in [0.2, 0.25) is 0 Å². The van der Waals surface area contributed by atoms with Crippen LogP contribution >= 0.6 is 11.3 Å². The summed E-state index contributed by atoms with van der Waals surface area (Å²) in [6.45, 7) is 3.13. The summed E-state index contributed by atoms with van der Waals surface area (Å²) in [4.78, 5) is 30.1. The predicted molar refractivity (Wildman–Crippen MR) is 94.9 cm³/mol. The Morgan fingerprint density at radius 3 is 2.58 bits per heavy atom. The van der Waals surface area contributed by atoms with E-state index >= 15 is 0 Å². The van der Waals surface area contributed by atoms with E-state index in [0.29, 0.717) is 24.1 Å². The van der Waals surface area contributed by atoms with Gasteiger partial charge in [-0.25, -0.2) is 4.98 Å². The highest BCUT2D eigenvalue weighted by Crippen LogP contribution is 2.22. The van der Waals surface area contributed by atoms with E-state index in [1.54, 1.807) is 4.90 Å². The molecule has 0 aliphatic carbocycles. The molecule has 1 aliphatic rings. The van der Waals surface area contributed by atoms with Crippen molar-refractivity contribution in [2.24, 2.45) is 5.92 Å². The zero-order chi connectivity index (χ0) is 16.9. The third-order valence-corrected chi connectivity index (χ3v) is 5.18. The Bertz CT molecular complexity index is 706. The minimum Gasteiger partial charge on any atom is -0.334 e. The number of aromatic nitrogens is 1. The summed E-state index contributed by atoms with van der Waals surface area (Å²) in [6, 6.07) is 10.4. The van der Waals surface area contributed by atoms with Crippen LogP contribution in [0.4, 0.5) is 5.13 Å². The molecule has 5 nitrogen and oxygen atoms in total. The van der Waals surface area contributed by atoms with E-state index in [9.17, 15) is 9.59 Å². The van der Waals surface area contributed by atoms with E-state index in [4.69, 9.17) is 0 Å². The lowest BCUT2D eigenvalue weighted by atomic mass is 9.90. The van der Waals surface area contributed by atoms with Crippen LogP contribution in [0.5, 0.6) is 0 Å². The number of carbonyl (C=O) groups excluding carboxylic acids is 2. The third kappa shape index (κ3) is 4.20. The average molecular weight is 343 g/mol. The van der Waals surface area contributed by atoms with Crippen LogP contribution in [0.2, 0.25) is 0 Å². The van der Waals surface area contributed by atoms with Crippen LogP contribution < -0.4 is 5.32 Å². The van der Waals surface area contributed by atoms with E-state index in [1.807, 2.05) is 18.4 Å². The minimum absolute atomic E-state index is 0.457. The highest BCUT2D eigenvalue weighted by atomic mass is 32.1. The predicted octanol–water partition coefficient (Wildman–Crippen LogP) is 2.87. The molecular weight excluding hydrogens is 322 g/mol. The first-order chi connectivity index (χ1) is 11.6. The first kappa shape index (κ1) is 16.6. The lowest BCUT2D eigenvalue weighted by Gasteiger charge is -2.31. The van der Waals surface area contributed by atoms with E-state index < -0.39 is 11.8 Å². The monoisotopic (exact) mass is 343 g/mol. The molecule has 1 aliphatic heterocycles. The van der Waals surface area contributed by atoms with Gasteiger partial charge in [-0.15, -0.1) is 11.3 Å². The summed E-state index contributed by atoms with van der Waals surface area (Å²) < 4.78 is 0. The zero-order valence-corrected chi connectivity index (χ0v) is 14.5. The van der Waals surface area contributed by atoms with Crippen LogP contribution in [-0.2, 0) is 16.0 Å². The maximum absolute atomic E-state index is 12.3. The lowest BCUT2D eigenvalue weighted by molar-refractivity contribution is -0.144. The molecule has 3 rings (SSSR count). The van der Waals surface area contributed by atoms with Gasteiger partial charge in [-0.2, -0.15) is 0 Å². The largest absolute Gasteiger partial charge is 0.334 e. The first-order valence-electron chi connectivity index (χ1n) is 8.18. The normalized spacial score (nSPS) is 15.3. The maximum Gasteiger partial charge on any atom is 0.315 e. The molecule has 1 aromatic carbocycles. The molecule has 2 aromatic rings. The lowest BCUT2D eigenvalue weighted by Crippen LogP contribution is -2.44. The Hall–Kier alpha value is -2.21. The molecular formula is C18H21N3O2S. The van der Waals surface area contributed by atoms with E-state index in [-0.39, 0.29) is 0 Å². The standard InChI is InChI=1S/C18H21N3O2S/c1-13-12-24-18(19-13)20-16(22)17(23)21-9-7-15(8-10-21)11-14-5-3-2-4-6-14/h2-6,12,15H,7-11H2,1H3,(H,19,20,22). The second-order valence-corrected chi connectivity index (χ2v) is 7.03. The van der Waals surface area contributed by atoms with Crippen molar-refractivity contribution in [3.63, 3.8) is 0 Å². The van der Waals surface area contributed by atoms with Gasteiger partial charge in [0.05, 0.1) is 5.69 Å². The summed E-state index contributed by atoms with van der Waals surface area (Å²) >= 11 is 1.33. The van der Waals surface area contributed by atoms with Crippen molar-refractivity contribution in [3.8, 4) is 0 Å². The Morgan fingerprint density at radius 2 is 1.96 bits per heavy atom. The van der Waals surface area contributed by atoms with E-state index in [0.717, 1.165) is 25.0 Å². The average Bonchev–Trinajstić information content (AvgIpc) is 3.00. The van der Waals surface area contributed by atoms with Crippen molar-refractivity contribution in [1.82, 2.24) is 9.88 Å². The Kier molecular flexibility index (Phi) is 5.25. The Balaban J connectivity index is 1.48. The number of rotatable bonds is 3. The molecule has 1 aromatic heterocycles. The summed E-state index contributed by atoms with van der Waals surface area (Å²) in [7, 11) is 0.